The fraction of sp³-hybridized carbons (Fsp3) is 0.200. The van der Waals surface area contributed by atoms with Crippen molar-refractivity contribution in [1.29, 1.82) is 0 Å². The predicted molar refractivity (Wildman–Crippen MR) is 56.6 cm³/mol. The number of carbonyl (C=O) groups excluding carboxylic acids is 1. The molecule has 0 N–H and O–H groups in total. The summed E-state index contributed by atoms with van der Waals surface area (Å²) >= 11 is 0. The van der Waals surface area contributed by atoms with Gasteiger partial charge in [0.2, 0.25) is 0 Å². The Balaban J connectivity index is 2.79. The lowest BCUT2D eigenvalue weighted by Crippen LogP contribution is -2.01. The molecule has 6 nitrogen and oxygen atoms in total. The van der Waals surface area contributed by atoms with Gasteiger partial charge in [0.15, 0.2) is 5.78 Å². The highest BCUT2D eigenvalue weighted by molar-refractivity contribution is 5.94. The Hall–Kier alpha value is -2.24. The minimum absolute atomic E-state index is 0.0626. The number of carbonyl (C=O) groups is 1. The number of nitrogens with zero attached hydrogens (tertiary/aromatic N) is 3. The van der Waals surface area contributed by atoms with E-state index in [-0.39, 0.29) is 11.5 Å². The summed E-state index contributed by atoms with van der Waals surface area (Å²) in [4.78, 5) is 25.7. The van der Waals surface area contributed by atoms with Crippen LogP contribution < -0.4 is 0 Å². The van der Waals surface area contributed by atoms with Crippen molar-refractivity contribution in [3.05, 3.63) is 39.8 Å². The van der Waals surface area contributed by atoms with Crippen molar-refractivity contribution in [3.63, 3.8) is 0 Å². The molecule has 0 radical (unpaired) electrons. The Kier molecular flexibility index (Phi) is 2.19. The summed E-state index contributed by atoms with van der Waals surface area (Å²) in [6.45, 7) is 3.12. The van der Waals surface area contributed by atoms with E-state index in [4.69, 9.17) is 0 Å². The van der Waals surface area contributed by atoms with E-state index in [0.29, 0.717) is 17.0 Å². The highest BCUT2D eigenvalue weighted by atomic mass is 16.6. The van der Waals surface area contributed by atoms with Crippen LogP contribution in [0.4, 0.5) is 5.69 Å². The monoisotopic (exact) mass is 219 g/mol. The van der Waals surface area contributed by atoms with Crippen LogP contribution in [0.1, 0.15) is 23.1 Å². The summed E-state index contributed by atoms with van der Waals surface area (Å²) in [7, 11) is 0. The topological polar surface area (TPSA) is 77.5 Å². The minimum atomic E-state index is -0.501. The van der Waals surface area contributed by atoms with Crippen LogP contribution in [-0.4, -0.2) is 20.1 Å². The number of nitro groups is 1. The molecule has 0 amide bonds. The number of imidazole rings is 1. The first-order valence-corrected chi connectivity index (χ1v) is 4.64. The average Bonchev–Trinajstić information content (AvgIpc) is 2.51. The van der Waals surface area contributed by atoms with Gasteiger partial charge in [0.1, 0.15) is 11.3 Å². The minimum Gasteiger partial charge on any atom is -0.293 e. The Morgan fingerprint density at radius 3 is 2.75 bits per heavy atom. The van der Waals surface area contributed by atoms with E-state index >= 15 is 0 Å². The van der Waals surface area contributed by atoms with Crippen molar-refractivity contribution < 1.29 is 9.72 Å². The fourth-order valence-corrected chi connectivity index (χ4v) is 1.68. The van der Waals surface area contributed by atoms with Gasteiger partial charge < -0.3 is 0 Å². The lowest BCUT2D eigenvalue weighted by Gasteiger charge is -1.98. The van der Waals surface area contributed by atoms with Gasteiger partial charge in [-0.1, -0.05) is 0 Å². The second kappa shape index (κ2) is 3.41. The third kappa shape index (κ3) is 1.44. The Morgan fingerprint density at radius 2 is 2.19 bits per heavy atom. The summed E-state index contributed by atoms with van der Waals surface area (Å²) in [6, 6.07) is 2.89. The molecular weight excluding hydrogens is 210 g/mol. The van der Waals surface area contributed by atoms with Crippen molar-refractivity contribution in [2.45, 2.75) is 13.8 Å². The van der Waals surface area contributed by atoms with E-state index in [1.165, 1.54) is 29.7 Å². The van der Waals surface area contributed by atoms with Crippen molar-refractivity contribution in [3.8, 4) is 0 Å². The standard InChI is InChI=1S/C10H9N3O3/c1-6-10(7(2)14)12-5-8(13(15)16)3-4-9(12)11-6/h3-5H,1-2H3. The highest BCUT2D eigenvalue weighted by Crippen LogP contribution is 2.17. The largest absolute Gasteiger partial charge is 0.293 e. The molecule has 0 aliphatic heterocycles. The number of hydrogen-bond donors (Lipinski definition) is 0. The molecule has 0 aromatic carbocycles. The molecule has 2 aromatic rings. The number of fused-ring (bicyclic) bond motifs is 1. The average molecular weight is 219 g/mol. The maximum Gasteiger partial charge on any atom is 0.286 e. The molecule has 0 fully saturated rings. The van der Waals surface area contributed by atoms with Gasteiger partial charge in [-0.2, -0.15) is 0 Å². The van der Waals surface area contributed by atoms with Crippen molar-refractivity contribution >= 4 is 17.1 Å². The van der Waals surface area contributed by atoms with Crippen molar-refractivity contribution in [2.75, 3.05) is 0 Å². The quantitative estimate of drug-likeness (QED) is 0.438. The number of ketones is 1. The molecule has 0 spiro atoms. The van der Waals surface area contributed by atoms with Crippen molar-refractivity contribution in [1.82, 2.24) is 9.38 Å². The molecule has 6 heteroatoms. The SMILES string of the molecule is CC(=O)c1c(C)nc2ccc([N+](=O)[O-])cn12. The van der Waals surface area contributed by atoms with Gasteiger partial charge in [0, 0.05) is 13.0 Å². The lowest BCUT2D eigenvalue weighted by molar-refractivity contribution is -0.385. The molecule has 16 heavy (non-hydrogen) atoms. The van der Waals surface area contributed by atoms with Gasteiger partial charge in [-0.3, -0.25) is 19.3 Å². The molecular formula is C10H9N3O3. The predicted octanol–water partition coefficient (Wildman–Crippen LogP) is 1.75. The van der Waals surface area contributed by atoms with Gasteiger partial charge in [-0.25, -0.2) is 4.98 Å². The molecule has 0 unspecified atom stereocenters. The molecule has 0 saturated carbocycles. The molecule has 2 heterocycles. The number of rotatable bonds is 2. The van der Waals surface area contributed by atoms with Gasteiger partial charge in [-0.15, -0.1) is 0 Å². The van der Waals surface area contributed by atoms with Crippen LogP contribution >= 0.6 is 0 Å². The number of pyridine rings is 1. The second-order valence-electron chi connectivity index (χ2n) is 3.47. The highest BCUT2D eigenvalue weighted by Gasteiger charge is 2.15. The van der Waals surface area contributed by atoms with Gasteiger partial charge in [-0.05, 0) is 13.0 Å². The summed E-state index contributed by atoms with van der Waals surface area (Å²) in [6.07, 6.45) is 1.31. The molecule has 82 valence electrons. The fourth-order valence-electron chi connectivity index (χ4n) is 1.68. The molecule has 0 saturated heterocycles. The lowest BCUT2D eigenvalue weighted by atomic mass is 10.2. The normalized spacial score (nSPS) is 10.6. The van der Waals surface area contributed by atoms with Gasteiger partial charge in [0.25, 0.3) is 5.69 Å². The zero-order chi connectivity index (χ0) is 11.9. The van der Waals surface area contributed by atoms with E-state index in [0.717, 1.165) is 0 Å². The number of aryl methyl sites for hydroxylation is 1. The van der Waals surface area contributed by atoms with Crippen molar-refractivity contribution in [2.24, 2.45) is 0 Å². The Labute approximate surface area is 90.7 Å². The summed E-state index contributed by atoms with van der Waals surface area (Å²) in [5.74, 6) is -0.162. The zero-order valence-electron chi connectivity index (χ0n) is 8.80. The first-order chi connectivity index (χ1) is 7.50. The second-order valence-corrected chi connectivity index (χ2v) is 3.47. The van der Waals surface area contributed by atoms with Crippen LogP contribution in [0.15, 0.2) is 18.3 Å². The molecule has 0 atom stereocenters. The summed E-state index contributed by atoms with van der Waals surface area (Å²) < 4.78 is 1.45. The molecule has 0 bridgehead atoms. The smallest absolute Gasteiger partial charge is 0.286 e. The first kappa shape index (κ1) is 10.3. The Bertz CT molecular complexity index is 601. The molecule has 2 rings (SSSR count). The van der Waals surface area contributed by atoms with E-state index in [1.807, 2.05) is 0 Å². The molecule has 0 aliphatic carbocycles. The maximum atomic E-state index is 11.4. The summed E-state index contributed by atoms with van der Waals surface area (Å²) in [5, 5.41) is 10.6. The Morgan fingerprint density at radius 1 is 1.50 bits per heavy atom. The van der Waals surface area contributed by atoms with Crippen LogP contribution in [0, 0.1) is 17.0 Å². The number of aromatic nitrogens is 2. The third-order valence-electron chi connectivity index (χ3n) is 2.32. The number of hydrogen-bond acceptors (Lipinski definition) is 4. The summed E-state index contributed by atoms with van der Waals surface area (Å²) in [5.41, 5.74) is 1.44. The van der Waals surface area contributed by atoms with Gasteiger partial charge >= 0.3 is 0 Å². The first-order valence-electron chi connectivity index (χ1n) is 4.64. The third-order valence-corrected chi connectivity index (χ3v) is 2.32. The van der Waals surface area contributed by atoms with Crippen LogP contribution in [0.3, 0.4) is 0 Å². The van der Waals surface area contributed by atoms with Crippen LogP contribution in [0.25, 0.3) is 5.65 Å². The molecule has 2 aromatic heterocycles. The maximum absolute atomic E-state index is 11.4. The van der Waals surface area contributed by atoms with Crippen LogP contribution in [0.5, 0.6) is 0 Å². The van der Waals surface area contributed by atoms with Crippen LogP contribution in [0.2, 0.25) is 0 Å². The van der Waals surface area contributed by atoms with E-state index < -0.39 is 4.92 Å². The zero-order valence-corrected chi connectivity index (χ0v) is 8.80. The van der Waals surface area contributed by atoms with E-state index in [1.54, 1.807) is 6.92 Å². The van der Waals surface area contributed by atoms with E-state index in [9.17, 15) is 14.9 Å². The van der Waals surface area contributed by atoms with Gasteiger partial charge in [0.05, 0.1) is 16.8 Å². The molecule has 0 aliphatic rings. The van der Waals surface area contributed by atoms with E-state index in [2.05, 4.69) is 4.98 Å². The number of Topliss-reactive ketones (excluding diaryl/α,β-unsaturated/α-hetero) is 1. The van der Waals surface area contributed by atoms with Crippen LogP contribution in [-0.2, 0) is 0 Å².